The van der Waals surface area contributed by atoms with E-state index in [1.807, 2.05) is 0 Å². The maximum absolute atomic E-state index is 12.9. The SMILES string of the molecule is CN1C(=O)N(N)C(Nc2ccc(O/C(=C/C(=N)C(=O)N=NN)NN)cc2)N(Cc2ccc(Cl)cc2)C1=O. The third-order valence-corrected chi connectivity index (χ3v) is 5.29. The van der Waals surface area contributed by atoms with Gasteiger partial charge in [-0.3, -0.25) is 20.5 Å². The van der Waals surface area contributed by atoms with Gasteiger partial charge in [0.1, 0.15) is 11.5 Å². The molecule has 1 aliphatic heterocycles. The lowest BCUT2D eigenvalue weighted by Gasteiger charge is -2.44. The number of urea groups is 2. The van der Waals surface area contributed by atoms with Crippen LogP contribution in [0.1, 0.15) is 5.56 Å². The average Bonchev–Trinajstić information content (AvgIpc) is 2.89. The van der Waals surface area contributed by atoms with E-state index in [1.54, 1.807) is 48.5 Å². The molecule has 3 rings (SSSR count). The normalized spacial score (nSPS) is 16.3. The van der Waals surface area contributed by atoms with Crippen molar-refractivity contribution in [1.82, 2.24) is 20.2 Å². The molecule has 37 heavy (non-hydrogen) atoms. The number of benzene rings is 2. The Hall–Kier alpha value is -4.73. The maximum atomic E-state index is 12.9. The Morgan fingerprint density at radius 1 is 1.16 bits per heavy atom. The van der Waals surface area contributed by atoms with Gasteiger partial charge in [0.2, 0.25) is 12.2 Å². The second-order valence-corrected chi connectivity index (χ2v) is 7.95. The molecule has 1 aliphatic rings. The monoisotopic (exact) mass is 529 g/mol. The summed E-state index contributed by atoms with van der Waals surface area (Å²) in [5.74, 6) is 15.4. The van der Waals surface area contributed by atoms with Crippen LogP contribution in [0.2, 0.25) is 5.02 Å². The molecule has 16 heteroatoms. The first-order chi connectivity index (χ1) is 17.6. The number of carbonyl (C=O) groups is 3. The van der Waals surface area contributed by atoms with Crippen LogP contribution in [0.4, 0.5) is 15.3 Å². The molecule has 0 aromatic heterocycles. The van der Waals surface area contributed by atoms with E-state index in [-0.39, 0.29) is 18.2 Å². The molecule has 1 saturated heterocycles. The van der Waals surface area contributed by atoms with Crippen molar-refractivity contribution in [3.05, 3.63) is 71.1 Å². The highest BCUT2D eigenvalue weighted by atomic mass is 35.5. The van der Waals surface area contributed by atoms with Crippen molar-refractivity contribution in [3.8, 4) is 5.75 Å². The zero-order valence-corrected chi connectivity index (χ0v) is 20.2. The van der Waals surface area contributed by atoms with Gasteiger partial charge in [-0.2, -0.15) is 0 Å². The summed E-state index contributed by atoms with van der Waals surface area (Å²) in [5.41, 5.74) is 2.92. The molecule has 9 N–H and O–H groups in total. The molecule has 5 amide bonds. The van der Waals surface area contributed by atoms with Crippen molar-refractivity contribution in [2.75, 3.05) is 12.4 Å². The molecular formula is C21H24ClN11O4. The molecular weight excluding hydrogens is 506 g/mol. The highest BCUT2D eigenvalue weighted by Gasteiger charge is 2.41. The van der Waals surface area contributed by atoms with E-state index >= 15 is 0 Å². The van der Waals surface area contributed by atoms with E-state index < -0.39 is 30.0 Å². The van der Waals surface area contributed by atoms with Gasteiger partial charge in [0, 0.05) is 23.8 Å². The van der Waals surface area contributed by atoms with Crippen molar-refractivity contribution >= 4 is 41.0 Å². The molecule has 0 spiro atoms. The Labute approximate surface area is 215 Å². The minimum atomic E-state index is -1.01. The number of hydrogen-bond acceptors (Lipinski definition) is 10. The van der Waals surface area contributed by atoms with Gasteiger partial charge < -0.3 is 15.9 Å². The molecule has 15 nitrogen and oxygen atoms in total. The van der Waals surface area contributed by atoms with Gasteiger partial charge in [0.25, 0.3) is 0 Å². The number of anilines is 1. The number of imide groups is 1. The van der Waals surface area contributed by atoms with Crippen LogP contribution in [0.3, 0.4) is 0 Å². The molecule has 0 bridgehead atoms. The molecule has 2 aromatic rings. The number of hydrazine groups is 2. The summed E-state index contributed by atoms with van der Waals surface area (Å²) in [4.78, 5) is 39.2. The zero-order chi connectivity index (χ0) is 27.1. The zero-order valence-electron chi connectivity index (χ0n) is 19.5. The Morgan fingerprint density at radius 2 is 1.81 bits per heavy atom. The van der Waals surface area contributed by atoms with E-state index in [2.05, 4.69) is 21.1 Å². The van der Waals surface area contributed by atoms with E-state index in [4.69, 9.17) is 39.3 Å². The number of nitrogens with one attached hydrogen (secondary N) is 3. The summed E-state index contributed by atoms with van der Waals surface area (Å²) < 4.78 is 5.52. The predicted octanol–water partition coefficient (Wildman–Crippen LogP) is 1.45. The Kier molecular flexibility index (Phi) is 8.57. The lowest BCUT2D eigenvalue weighted by Crippen LogP contribution is -2.69. The average molecular weight is 530 g/mol. The predicted molar refractivity (Wildman–Crippen MR) is 133 cm³/mol. The van der Waals surface area contributed by atoms with Crippen molar-refractivity contribution in [2.24, 2.45) is 27.9 Å². The first-order valence-corrected chi connectivity index (χ1v) is 10.9. The van der Waals surface area contributed by atoms with E-state index in [1.165, 1.54) is 11.9 Å². The third-order valence-electron chi connectivity index (χ3n) is 5.04. The van der Waals surface area contributed by atoms with E-state index in [0.717, 1.165) is 21.5 Å². The smallest absolute Gasteiger partial charge is 0.345 e. The maximum Gasteiger partial charge on any atom is 0.345 e. The van der Waals surface area contributed by atoms with E-state index in [0.29, 0.717) is 10.7 Å². The van der Waals surface area contributed by atoms with Crippen LogP contribution in [0.15, 0.2) is 70.8 Å². The summed E-state index contributed by atoms with van der Waals surface area (Å²) in [6.45, 7) is 0.144. The first kappa shape index (κ1) is 26.9. The molecule has 0 radical (unpaired) electrons. The molecule has 1 fully saturated rings. The van der Waals surface area contributed by atoms with Gasteiger partial charge in [-0.1, -0.05) is 34.1 Å². The summed E-state index contributed by atoms with van der Waals surface area (Å²) in [6.07, 6.45) is -0.0112. The number of amides is 5. The summed E-state index contributed by atoms with van der Waals surface area (Å²) in [7, 11) is 1.34. The second kappa shape index (κ2) is 11.8. The summed E-state index contributed by atoms with van der Waals surface area (Å²) in [6, 6.07) is 12.0. The summed E-state index contributed by atoms with van der Waals surface area (Å²) in [5, 5.41) is 18.0. The number of rotatable bonds is 9. The fourth-order valence-corrected chi connectivity index (χ4v) is 3.32. The standard InChI is InChI=1S/C21H24ClN11O4/c1-31-20(35)32(11-12-2-4-13(22)5-3-12)19(33(26)21(31)36)27-14-6-8-15(9-7-14)37-17(28-24)10-16(23)18(34)29-30-25/h2-10,19,23,27-28H,11,24,26H2,1H3,(H2,25,29,34)/b17-10+,23-16?. The summed E-state index contributed by atoms with van der Waals surface area (Å²) >= 11 is 5.95. The van der Waals surface area contributed by atoms with Crippen molar-refractivity contribution in [1.29, 1.82) is 5.41 Å². The van der Waals surface area contributed by atoms with Crippen LogP contribution in [-0.2, 0) is 11.3 Å². The van der Waals surface area contributed by atoms with Crippen LogP contribution in [0, 0.1) is 5.41 Å². The van der Waals surface area contributed by atoms with Crippen LogP contribution in [0.5, 0.6) is 5.75 Å². The second-order valence-electron chi connectivity index (χ2n) is 7.52. The van der Waals surface area contributed by atoms with Gasteiger partial charge in [-0.05, 0) is 42.0 Å². The fraction of sp³-hybridized carbons (Fsp3) is 0.143. The van der Waals surface area contributed by atoms with Crippen LogP contribution in [-0.4, -0.2) is 51.8 Å². The van der Waals surface area contributed by atoms with Gasteiger partial charge in [-0.15, -0.1) is 0 Å². The minimum absolute atomic E-state index is 0.125. The van der Waals surface area contributed by atoms with Crippen LogP contribution < -0.4 is 33.0 Å². The Balaban J connectivity index is 1.77. The van der Waals surface area contributed by atoms with Crippen molar-refractivity contribution in [2.45, 2.75) is 12.8 Å². The number of hydrogen-bond donors (Lipinski definition) is 6. The number of nitrogens with two attached hydrogens (primary N) is 3. The van der Waals surface area contributed by atoms with Gasteiger partial charge in [0.05, 0.1) is 6.54 Å². The Bertz CT molecular complexity index is 1230. The van der Waals surface area contributed by atoms with Gasteiger partial charge >= 0.3 is 18.0 Å². The largest absolute Gasteiger partial charge is 0.440 e. The van der Waals surface area contributed by atoms with E-state index in [9.17, 15) is 14.4 Å². The molecule has 1 unspecified atom stereocenters. The highest BCUT2D eigenvalue weighted by molar-refractivity contribution is 6.42. The number of halogens is 1. The van der Waals surface area contributed by atoms with Crippen LogP contribution in [0.25, 0.3) is 0 Å². The van der Waals surface area contributed by atoms with Gasteiger partial charge in [-0.25, -0.2) is 31.2 Å². The first-order valence-electron chi connectivity index (χ1n) is 10.5. The number of nitrogens with zero attached hydrogens (tertiary/aromatic N) is 5. The molecule has 1 heterocycles. The van der Waals surface area contributed by atoms with Crippen molar-refractivity contribution in [3.63, 3.8) is 0 Å². The molecule has 0 aliphatic carbocycles. The third kappa shape index (κ3) is 6.49. The number of ether oxygens (including phenoxy) is 1. The molecule has 1 atom stereocenters. The number of carbonyl (C=O) groups excluding carboxylic acids is 3. The molecule has 2 aromatic carbocycles. The molecule has 0 saturated carbocycles. The quantitative estimate of drug-likeness (QED) is 0.0689. The topological polar surface area (TPSA) is 221 Å². The highest BCUT2D eigenvalue weighted by Crippen LogP contribution is 2.23. The lowest BCUT2D eigenvalue weighted by molar-refractivity contribution is -0.112. The lowest BCUT2D eigenvalue weighted by atomic mass is 10.2. The fourth-order valence-electron chi connectivity index (χ4n) is 3.19. The van der Waals surface area contributed by atoms with Crippen molar-refractivity contribution < 1.29 is 19.1 Å². The van der Waals surface area contributed by atoms with Crippen LogP contribution >= 0.6 is 11.6 Å². The van der Waals surface area contributed by atoms with Gasteiger partial charge in [0.15, 0.2) is 0 Å². The minimum Gasteiger partial charge on any atom is -0.440 e. The molecule has 194 valence electrons. The Morgan fingerprint density at radius 3 is 2.41 bits per heavy atom.